The van der Waals surface area contributed by atoms with Crippen molar-refractivity contribution in [2.24, 2.45) is 0 Å². The maximum Gasteiger partial charge on any atom is 0.258 e. The fourth-order valence-electron chi connectivity index (χ4n) is 3.65. The Labute approximate surface area is 180 Å². The van der Waals surface area contributed by atoms with Gasteiger partial charge in [-0.05, 0) is 72.8 Å². The number of aryl methyl sites for hydroxylation is 2. The molecule has 0 atom stereocenters. The molecule has 31 heavy (non-hydrogen) atoms. The van der Waals surface area contributed by atoms with Crippen molar-refractivity contribution in [1.82, 2.24) is 4.98 Å². The van der Waals surface area contributed by atoms with E-state index >= 15 is 0 Å². The van der Waals surface area contributed by atoms with Gasteiger partial charge in [0, 0.05) is 22.3 Å². The molecule has 0 radical (unpaired) electrons. The van der Waals surface area contributed by atoms with Crippen molar-refractivity contribution in [2.75, 3.05) is 12.0 Å². The number of aromatic nitrogens is 1. The Kier molecular flexibility index (Phi) is 5.58. The predicted octanol–water partition coefficient (Wildman–Crippen LogP) is 5.00. The number of anilines is 1. The lowest BCUT2D eigenvalue weighted by atomic mass is 10.1. The van der Waals surface area contributed by atoms with E-state index in [1.54, 1.807) is 36.3 Å². The number of pyridine rings is 1. The lowest BCUT2D eigenvalue weighted by Gasteiger charge is -2.25. The molecule has 4 aromatic rings. The number of nitrogens with zero attached hydrogens (tertiary/aromatic N) is 1. The Morgan fingerprint density at radius 1 is 0.968 bits per heavy atom. The van der Waals surface area contributed by atoms with Crippen LogP contribution in [0.15, 0.2) is 77.6 Å². The van der Waals surface area contributed by atoms with E-state index in [1.807, 2.05) is 62.4 Å². The van der Waals surface area contributed by atoms with Crippen LogP contribution < -0.4 is 15.2 Å². The average Bonchev–Trinajstić information content (AvgIpc) is 2.79. The second-order valence-corrected chi connectivity index (χ2v) is 7.62. The first kappa shape index (κ1) is 20.4. The van der Waals surface area contributed by atoms with Crippen molar-refractivity contribution in [3.05, 3.63) is 105 Å². The summed E-state index contributed by atoms with van der Waals surface area (Å²) < 4.78 is 5.21. The van der Waals surface area contributed by atoms with Crippen molar-refractivity contribution in [3.8, 4) is 5.75 Å². The molecule has 0 fully saturated rings. The van der Waals surface area contributed by atoms with Crippen molar-refractivity contribution in [3.63, 3.8) is 0 Å². The van der Waals surface area contributed by atoms with Crippen LogP contribution in [0.3, 0.4) is 0 Å². The van der Waals surface area contributed by atoms with Crippen molar-refractivity contribution >= 4 is 22.5 Å². The summed E-state index contributed by atoms with van der Waals surface area (Å²) in [7, 11) is 1.59. The van der Waals surface area contributed by atoms with E-state index in [9.17, 15) is 9.59 Å². The van der Waals surface area contributed by atoms with Crippen LogP contribution in [-0.2, 0) is 6.54 Å². The number of ether oxygens (including phenoxy) is 1. The van der Waals surface area contributed by atoms with Gasteiger partial charge in [-0.3, -0.25) is 9.59 Å². The highest BCUT2D eigenvalue weighted by Crippen LogP contribution is 2.26. The zero-order valence-corrected chi connectivity index (χ0v) is 17.8. The minimum atomic E-state index is -0.198. The summed E-state index contributed by atoms with van der Waals surface area (Å²) in [5.41, 5.74) is 4.42. The third-order valence-electron chi connectivity index (χ3n) is 5.40. The number of aromatic amines is 1. The topological polar surface area (TPSA) is 62.4 Å². The molecule has 0 saturated heterocycles. The van der Waals surface area contributed by atoms with Gasteiger partial charge in [0.25, 0.3) is 11.5 Å². The molecule has 0 aliphatic heterocycles. The predicted molar refractivity (Wildman–Crippen MR) is 124 cm³/mol. The van der Waals surface area contributed by atoms with Crippen LogP contribution in [0.4, 0.5) is 5.69 Å². The molecule has 0 saturated carbocycles. The minimum Gasteiger partial charge on any atom is -0.497 e. The second-order valence-electron chi connectivity index (χ2n) is 7.62. The quantitative estimate of drug-likeness (QED) is 0.502. The standard InChI is InChI=1S/C26H24N2O3/c1-17-8-9-18(2)24(14-17)28(26(30)19-10-12-22(31-3)13-11-19)16-21-15-20-6-4-5-7-23(20)27-25(21)29/h4-15H,16H2,1-3H3,(H,27,29). The number of carbonyl (C=O) groups excluding carboxylic acids is 1. The van der Waals surface area contributed by atoms with Gasteiger partial charge in [0.05, 0.1) is 13.7 Å². The fourth-order valence-corrected chi connectivity index (χ4v) is 3.65. The fraction of sp³-hybridized carbons (Fsp3) is 0.154. The highest BCUT2D eigenvalue weighted by atomic mass is 16.5. The van der Waals surface area contributed by atoms with Crippen LogP contribution in [0.2, 0.25) is 0 Å². The number of methoxy groups -OCH3 is 1. The second kappa shape index (κ2) is 8.48. The average molecular weight is 412 g/mol. The van der Waals surface area contributed by atoms with Crippen LogP contribution >= 0.6 is 0 Å². The van der Waals surface area contributed by atoms with Gasteiger partial charge in [-0.25, -0.2) is 0 Å². The summed E-state index contributed by atoms with van der Waals surface area (Å²) in [5, 5.41) is 0.926. The van der Waals surface area contributed by atoms with Crippen LogP contribution in [0, 0.1) is 13.8 Å². The summed E-state index contributed by atoms with van der Waals surface area (Å²) in [6.45, 7) is 4.12. The lowest BCUT2D eigenvalue weighted by Crippen LogP contribution is -2.33. The van der Waals surface area contributed by atoms with E-state index in [0.29, 0.717) is 16.9 Å². The van der Waals surface area contributed by atoms with Gasteiger partial charge in [-0.2, -0.15) is 0 Å². The smallest absolute Gasteiger partial charge is 0.258 e. The SMILES string of the molecule is COc1ccc(C(=O)N(Cc2cc3ccccc3[nH]c2=O)c2cc(C)ccc2C)cc1. The number of hydrogen-bond acceptors (Lipinski definition) is 3. The Balaban J connectivity index is 1.80. The number of nitrogens with one attached hydrogen (secondary N) is 1. The molecule has 0 spiro atoms. The van der Waals surface area contributed by atoms with Crippen molar-refractivity contribution < 1.29 is 9.53 Å². The monoisotopic (exact) mass is 412 g/mol. The molecule has 5 nitrogen and oxygen atoms in total. The van der Waals surface area contributed by atoms with Crippen LogP contribution in [-0.4, -0.2) is 18.0 Å². The van der Waals surface area contributed by atoms with Gasteiger partial charge in [0.2, 0.25) is 0 Å². The number of para-hydroxylation sites is 1. The number of fused-ring (bicyclic) bond motifs is 1. The maximum atomic E-state index is 13.6. The van der Waals surface area contributed by atoms with Crippen LogP contribution in [0.5, 0.6) is 5.75 Å². The Hall–Kier alpha value is -3.86. The van der Waals surface area contributed by atoms with Gasteiger partial charge in [0.15, 0.2) is 0 Å². The van der Waals surface area contributed by atoms with Gasteiger partial charge < -0.3 is 14.6 Å². The van der Waals surface area contributed by atoms with Crippen LogP contribution in [0.1, 0.15) is 27.0 Å². The van der Waals surface area contributed by atoms with Gasteiger partial charge in [-0.15, -0.1) is 0 Å². The summed E-state index contributed by atoms with van der Waals surface area (Å²) in [6, 6.07) is 22.5. The number of rotatable bonds is 5. The summed E-state index contributed by atoms with van der Waals surface area (Å²) in [5.74, 6) is 0.504. The van der Waals surface area contributed by atoms with E-state index in [2.05, 4.69) is 4.98 Å². The molecule has 0 aliphatic rings. The lowest BCUT2D eigenvalue weighted by molar-refractivity contribution is 0.0985. The number of benzene rings is 3. The van der Waals surface area contributed by atoms with E-state index in [0.717, 1.165) is 27.7 Å². The zero-order chi connectivity index (χ0) is 22.0. The molecule has 1 aromatic heterocycles. The molecular formula is C26H24N2O3. The molecule has 0 bridgehead atoms. The van der Waals surface area contributed by atoms with E-state index in [4.69, 9.17) is 4.74 Å². The molecule has 0 aliphatic carbocycles. The summed E-state index contributed by atoms with van der Waals surface area (Å²) in [6.07, 6.45) is 0. The van der Waals surface area contributed by atoms with Gasteiger partial charge >= 0.3 is 0 Å². The number of amides is 1. The van der Waals surface area contributed by atoms with E-state index in [1.165, 1.54) is 0 Å². The van der Waals surface area contributed by atoms with Crippen molar-refractivity contribution in [1.29, 1.82) is 0 Å². The first-order valence-corrected chi connectivity index (χ1v) is 10.1. The third kappa shape index (κ3) is 4.21. The van der Waals surface area contributed by atoms with Crippen LogP contribution in [0.25, 0.3) is 10.9 Å². The first-order valence-electron chi connectivity index (χ1n) is 10.1. The minimum absolute atomic E-state index is 0.162. The van der Waals surface area contributed by atoms with Gasteiger partial charge in [0.1, 0.15) is 5.75 Å². The molecule has 0 unspecified atom stereocenters. The molecule has 1 heterocycles. The Morgan fingerprint density at radius 2 is 1.71 bits per heavy atom. The molecule has 4 rings (SSSR count). The molecular weight excluding hydrogens is 388 g/mol. The summed E-state index contributed by atoms with van der Waals surface area (Å²) >= 11 is 0. The molecule has 1 amide bonds. The highest BCUT2D eigenvalue weighted by Gasteiger charge is 2.21. The first-order chi connectivity index (χ1) is 15.0. The van der Waals surface area contributed by atoms with Crippen molar-refractivity contribution in [2.45, 2.75) is 20.4 Å². The maximum absolute atomic E-state index is 13.6. The number of carbonyl (C=O) groups is 1. The number of hydrogen-bond donors (Lipinski definition) is 1. The number of H-pyrrole nitrogens is 1. The van der Waals surface area contributed by atoms with E-state index < -0.39 is 0 Å². The molecule has 3 aromatic carbocycles. The third-order valence-corrected chi connectivity index (χ3v) is 5.40. The largest absolute Gasteiger partial charge is 0.497 e. The molecule has 1 N–H and O–H groups in total. The summed E-state index contributed by atoms with van der Waals surface area (Å²) in [4.78, 5) is 30.9. The zero-order valence-electron chi connectivity index (χ0n) is 17.8. The van der Waals surface area contributed by atoms with E-state index in [-0.39, 0.29) is 18.0 Å². The normalized spacial score (nSPS) is 10.8. The Bertz CT molecular complexity index is 1310. The highest BCUT2D eigenvalue weighted by molar-refractivity contribution is 6.06. The van der Waals surface area contributed by atoms with Gasteiger partial charge in [-0.1, -0.05) is 30.3 Å². The molecule has 5 heteroatoms. The molecule has 156 valence electrons. The Morgan fingerprint density at radius 3 is 2.45 bits per heavy atom.